The SMILES string of the molecule is CC1(C)C(C(=O)Cc2cncs2)C1(C)C. The summed E-state index contributed by atoms with van der Waals surface area (Å²) < 4.78 is 0. The van der Waals surface area contributed by atoms with Crippen molar-refractivity contribution in [2.75, 3.05) is 0 Å². The Morgan fingerprint density at radius 2 is 2.00 bits per heavy atom. The van der Waals surface area contributed by atoms with Crippen molar-refractivity contribution in [3.63, 3.8) is 0 Å². The van der Waals surface area contributed by atoms with Gasteiger partial charge in [0.25, 0.3) is 0 Å². The predicted molar refractivity (Wildman–Crippen MR) is 61.9 cm³/mol. The Bertz CT molecular complexity index is 364. The van der Waals surface area contributed by atoms with Gasteiger partial charge in [0, 0.05) is 23.4 Å². The fourth-order valence-corrected chi connectivity index (χ4v) is 3.21. The number of hydrogen-bond acceptors (Lipinski definition) is 3. The molecule has 0 amide bonds. The molecular weight excluding hydrogens is 206 g/mol. The number of carbonyl (C=O) groups is 1. The highest BCUT2D eigenvalue weighted by Crippen LogP contribution is 2.68. The fourth-order valence-electron chi connectivity index (χ4n) is 2.60. The Hall–Kier alpha value is -0.700. The number of hydrogen-bond donors (Lipinski definition) is 0. The number of thiazole rings is 1. The van der Waals surface area contributed by atoms with Crippen molar-refractivity contribution in [1.82, 2.24) is 4.98 Å². The van der Waals surface area contributed by atoms with E-state index in [1.807, 2.05) is 0 Å². The monoisotopic (exact) mass is 223 g/mol. The standard InChI is InChI=1S/C12H17NOS/c1-11(2)10(12(11,3)4)9(14)5-8-6-13-7-15-8/h6-7,10H,5H2,1-4H3. The summed E-state index contributed by atoms with van der Waals surface area (Å²) in [6.45, 7) is 8.73. The van der Waals surface area contributed by atoms with E-state index < -0.39 is 0 Å². The second-order valence-electron chi connectivity index (χ2n) is 5.49. The van der Waals surface area contributed by atoms with Crippen molar-refractivity contribution < 1.29 is 4.79 Å². The Kier molecular flexibility index (Phi) is 2.26. The lowest BCUT2D eigenvalue weighted by molar-refractivity contribution is -0.120. The molecular formula is C12H17NOS. The molecule has 1 heterocycles. The van der Waals surface area contributed by atoms with Crippen LogP contribution in [0.15, 0.2) is 11.7 Å². The highest BCUT2D eigenvalue weighted by molar-refractivity contribution is 7.09. The van der Waals surface area contributed by atoms with Crippen LogP contribution < -0.4 is 0 Å². The molecule has 2 nitrogen and oxygen atoms in total. The molecule has 2 rings (SSSR count). The normalized spacial score (nSPS) is 22.7. The van der Waals surface area contributed by atoms with Crippen LogP contribution in [0.3, 0.4) is 0 Å². The summed E-state index contributed by atoms with van der Waals surface area (Å²) >= 11 is 1.56. The predicted octanol–water partition coefficient (Wildman–Crippen LogP) is 2.94. The maximum Gasteiger partial charge on any atom is 0.142 e. The van der Waals surface area contributed by atoms with Gasteiger partial charge in [-0.3, -0.25) is 9.78 Å². The van der Waals surface area contributed by atoms with Crippen molar-refractivity contribution in [3.05, 3.63) is 16.6 Å². The van der Waals surface area contributed by atoms with Crippen LogP contribution in [0.4, 0.5) is 0 Å². The van der Waals surface area contributed by atoms with Gasteiger partial charge in [0.2, 0.25) is 0 Å². The molecule has 0 aromatic carbocycles. The van der Waals surface area contributed by atoms with Crippen molar-refractivity contribution in [2.45, 2.75) is 34.1 Å². The Labute approximate surface area is 94.7 Å². The van der Waals surface area contributed by atoms with Crippen LogP contribution in [0, 0.1) is 16.7 Å². The third kappa shape index (κ3) is 1.53. The van der Waals surface area contributed by atoms with Crippen LogP contribution in [0.25, 0.3) is 0 Å². The van der Waals surface area contributed by atoms with Gasteiger partial charge in [-0.05, 0) is 10.8 Å². The number of nitrogens with zero attached hydrogens (tertiary/aromatic N) is 1. The average molecular weight is 223 g/mol. The van der Waals surface area contributed by atoms with Crippen molar-refractivity contribution in [2.24, 2.45) is 16.7 Å². The maximum absolute atomic E-state index is 12.1. The number of aromatic nitrogens is 1. The second-order valence-corrected chi connectivity index (χ2v) is 6.46. The van der Waals surface area contributed by atoms with E-state index >= 15 is 0 Å². The molecule has 0 aliphatic heterocycles. The summed E-state index contributed by atoms with van der Waals surface area (Å²) in [7, 11) is 0. The summed E-state index contributed by atoms with van der Waals surface area (Å²) in [5.41, 5.74) is 2.11. The van der Waals surface area contributed by atoms with Gasteiger partial charge in [-0.2, -0.15) is 0 Å². The molecule has 1 aromatic rings. The largest absolute Gasteiger partial charge is 0.299 e. The Morgan fingerprint density at radius 3 is 2.40 bits per heavy atom. The topological polar surface area (TPSA) is 30.0 Å². The molecule has 0 N–H and O–H groups in total. The fraction of sp³-hybridized carbons (Fsp3) is 0.667. The molecule has 0 spiro atoms. The zero-order chi connectivity index (χ0) is 11.3. The number of Topliss-reactive ketones (excluding diaryl/α,β-unsaturated/α-hetero) is 1. The van der Waals surface area contributed by atoms with Crippen molar-refractivity contribution >= 4 is 17.1 Å². The van der Waals surface area contributed by atoms with E-state index in [0.717, 1.165) is 4.88 Å². The van der Waals surface area contributed by atoms with E-state index in [9.17, 15) is 4.79 Å². The number of rotatable bonds is 3. The summed E-state index contributed by atoms with van der Waals surface area (Å²) in [5.74, 6) is 0.585. The molecule has 3 heteroatoms. The zero-order valence-electron chi connectivity index (χ0n) is 9.70. The average Bonchev–Trinajstić information content (AvgIpc) is 2.53. The van der Waals surface area contributed by atoms with Crippen LogP contribution in [0.5, 0.6) is 0 Å². The Morgan fingerprint density at radius 1 is 1.40 bits per heavy atom. The molecule has 15 heavy (non-hydrogen) atoms. The van der Waals surface area contributed by atoms with Crippen molar-refractivity contribution in [1.29, 1.82) is 0 Å². The van der Waals surface area contributed by atoms with Crippen molar-refractivity contribution in [3.8, 4) is 0 Å². The first-order valence-corrected chi connectivity index (χ1v) is 6.15. The van der Waals surface area contributed by atoms with Crippen LogP contribution >= 0.6 is 11.3 Å². The lowest BCUT2D eigenvalue weighted by atomic mass is 10.0. The Balaban J connectivity index is 2.06. The first-order valence-electron chi connectivity index (χ1n) is 5.27. The third-order valence-corrected chi connectivity index (χ3v) is 4.95. The highest BCUT2D eigenvalue weighted by Gasteiger charge is 2.67. The lowest BCUT2D eigenvalue weighted by Gasteiger charge is -2.03. The summed E-state index contributed by atoms with van der Waals surface area (Å²) in [5, 5.41) is 0. The molecule has 1 aromatic heterocycles. The van der Waals surface area contributed by atoms with Gasteiger partial charge in [0.15, 0.2) is 0 Å². The van der Waals surface area contributed by atoms with E-state index in [0.29, 0.717) is 12.2 Å². The van der Waals surface area contributed by atoms with Gasteiger partial charge in [-0.15, -0.1) is 11.3 Å². The molecule has 0 unspecified atom stereocenters. The molecule has 82 valence electrons. The second kappa shape index (κ2) is 3.14. The minimum atomic E-state index is 0.161. The first kappa shape index (κ1) is 10.8. The highest BCUT2D eigenvalue weighted by atomic mass is 32.1. The lowest BCUT2D eigenvalue weighted by Crippen LogP contribution is -2.09. The third-order valence-electron chi connectivity index (χ3n) is 4.17. The van der Waals surface area contributed by atoms with Crippen LogP contribution in [-0.2, 0) is 11.2 Å². The van der Waals surface area contributed by atoms with Gasteiger partial charge in [0.1, 0.15) is 5.78 Å². The van der Waals surface area contributed by atoms with E-state index in [1.165, 1.54) is 0 Å². The molecule has 1 saturated carbocycles. The van der Waals surface area contributed by atoms with Gasteiger partial charge in [-0.1, -0.05) is 27.7 Å². The van der Waals surface area contributed by atoms with E-state index in [2.05, 4.69) is 32.7 Å². The quantitative estimate of drug-likeness (QED) is 0.788. The van der Waals surface area contributed by atoms with Gasteiger partial charge < -0.3 is 0 Å². The molecule has 0 saturated heterocycles. The van der Waals surface area contributed by atoms with Crippen LogP contribution in [0.1, 0.15) is 32.6 Å². The van der Waals surface area contributed by atoms with Gasteiger partial charge in [-0.25, -0.2) is 0 Å². The van der Waals surface area contributed by atoms with Gasteiger partial charge >= 0.3 is 0 Å². The van der Waals surface area contributed by atoms with Crippen LogP contribution in [-0.4, -0.2) is 10.8 Å². The van der Waals surface area contributed by atoms with E-state index in [-0.39, 0.29) is 16.7 Å². The van der Waals surface area contributed by atoms with E-state index in [4.69, 9.17) is 0 Å². The molecule has 0 atom stereocenters. The summed E-state index contributed by atoms with van der Waals surface area (Å²) in [6, 6.07) is 0. The zero-order valence-corrected chi connectivity index (χ0v) is 10.5. The molecule has 1 aliphatic rings. The summed E-state index contributed by atoms with van der Waals surface area (Å²) in [4.78, 5) is 17.2. The molecule has 0 bridgehead atoms. The number of ketones is 1. The van der Waals surface area contributed by atoms with E-state index in [1.54, 1.807) is 23.0 Å². The maximum atomic E-state index is 12.1. The number of carbonyl (C=O) groups excluding carboxylic acids is 1. The minimum absolute atomic E-state index is 0.161. The van der Waals surface area contributed by atoms with Gasteiger partial charge in [0.05, 0.1) is 5.51 Å². The molecule has 1 aliphatic carbocycles. The van der Waals surface area contributed by atoms with Crippen LogP contribution in [0.2, 0.25) is 0 Å². The minimum Gasteiger partial charge on any atom is -0.299 e. The molecule has 0 radical (unpaired) electrons. The first-order chi connectivity index (χ1) is 6.87. The smallest absolute Gasteiger partial charge is 0.142 e. The summed E-state index contributed by atoms with van der Waals surface area (Å²) in [6.07, 6.45) is 2.35. The molecule has 1 fully saturated rings.